The van der Waals surface area contributed by atoms with Gasteiger partial charge < -0.3 is 14.2 Å². The molecule has 0 saturated carbocycles. The van der Waals surface area contributed by atoms with Crippen LogP contribution in [0.5, 0.6) is 0 Å². The summed E-state index contributed by atoms with van der Waals surface area (Å²) in [6.07, 6.45) is 56.7. The molecular weight excluding hydrogens is 817 g/mol. The van der Waals surface area contributed by atoms with Crippen molar-refractivity contribution in [3.8, 4) is 0 Å². The quantitative estimate of drug-likeness (QED) is 0.0343. The van der Waals surface area contributed by atoms with Crippen molar-refractivity contribution < 1.29 is 28.6 Å². The van der Waals surface area contributed by atoms with Gasteiger partial charge in [-0.15, -0.1) is 0 Å². The Hall–Kier alpha value is -1.59. The van der Waals surface area contributed by atoms with E-state index in [1.807, 2.05) is 0 Å². The molecule has 0 heterocycles. The topological polar surface area (TPSA) is 78.9 Å². The van der Waals surface area contributed by atoms with Gasteiger partial charge in [0.25, 0.3) is 0 Å². The monoisotopic (exact) mass is 933 g/mol. The largest absolute Gasteiger partial charge is 0.462 e. The van der Waals surface area contributed by atoms with Crippen LogP contribution in [-0.2, 0) is 28.6 Å². The summed E-state index contributed by atoms with van der Waals surface area (Å²) in [5.74, 6) is 0.834. The van der Waals surface area contributed by atoms with E-state index >= 15 is 0 Å². The van der Waals surface area contributed by atoms with Crippen molar-refractivity contribution >= 4 is 17.9 Å². The van der Waals surface area contributed by atoms with Gasteiger partial charge in [0.05, 0.1) is 0 Å². The Balaban J connectivity index is 4.30. The van der Waals surface area contributed by atoms with Crippen molar-refractivity contribution in [3.63, 3.8) is 0 Å². The first-order valence-corrected chi connectivity index (χ1v) is 29.7. The third kappa shape index (κ3) is 53.4. The molecule has 1 atom stereocenters. The molecular formula is C60H116O6. The van der Waals surface area contributed by atoms with Crippen molar-refractivity contribution in [2.75, 3.05) is 13.2 Å². The molecule has 0 rings (SSSR count). The summed E-state index contributed by atoms with van der Waals surface area (Å²) in [4.78, 5) is 38.2. The van der Waals surface area contributed by atoms with Crippen molar-refractivity contribution in [1.29, 1.82) is 0 Å². The fraction of sp³-hybridized carbons (Fsp3) is 0.950. The number of unbranched alkanes of at least 4 members (excludes halogenated alkanes) is 39. The second-order valence-electron chi connectivity index (χ2n) is 21.6. The molecule has 0 fully saturated rings. The highest BCUT2D eigenvalue weighted by Crippen LogP contribution is 2.18. The Bertz CT molecular complexity index is 1010. The predicted molar refractivity (Wildman–Crippen MR) is 284 cm³/mol. The zero-order valence-electron chi connectivity index (χ0n) is 45.3. The number of ether oxygens (including phenoxy) is 3. The van der Waals surface area contributed by atoms with Crippen molar-refractivity contribution in [3.05, 3.63) is 0 Å². The molecule has 6 nitrogen and oxygen atoms in total. The first kappa shape index (κ1) is 64.4. The number of carbonyl (C=O) groups is 3. The maximum atomic E-state index is 12.9. The highest BCUT2D eigenvalue weighted by atomic mass is 16.6. The van der Waals surface area contributed by atoms with Crippen molar-refractivity contribution in [2.24, 2.45) is 11.8 Å². The van der Waals surface area contributed by atoms with E-state index in [0.717, 1.165) is 69.6 Å². The lowest BCUT2D eigenvalue weighted by Gasteiger charge is -2.18. The van der Waals surface area contributed by atoms with Gasteiger partial charge in [-0.05, 0) is 31.1 Å². The van der Waals surface area contributed by atoms with E-state index in [2.05, 4.69) is 34.6 Å². The Morgan fingerprint density at radius 3 is 0.742 bits per heavy atom. The maximum absolute atomic E-state index is 12.9. The summed E-state index contributed by atoms with van der Waals surface area (Å²) in [5.41, 5.74) is 0. The number of hydrogen-bond acceptors (Lipinski definition) is 6. The van der Waals surface area contributed by atoms with Crippen LogP contribution in [0.3, 0.4) is 0 Å². The third-order valence-corrected chi connectivity index (χ3v) is 13.7. The lowest BCUT2D eigenvalue weighted by Crippen LogP contribution is -2.30. The van der Waals surface area contributed by atoms with Gasteiger partial charge in [0, 0.05) is 19.3 Å². The molecule has 0 aliphatic heterocycles. The standard InChI is InChI=1S/C60H116O6/c1-6-7-8-9-10-11-12-13-14-15-16-21-26-32-37-42-47-52-60(63)66-57(54-65-59(62)51-46-41-36-31-27-22-24-29-34-39-44-49-56(4)5)53-64-58(61)50-45-40-35-30-25-20-18-17-19-23-28-33-38-43-48-55(2)3/h55-57H,6-54H2,1-5H3/t57-/m1/s1. The summed E-state index contributed by atoms with van der Waals surface area (Å²) in [5, 5.41) is 0. The van der Waals surface area contributed by atoms with E-state index in [-0.39, 0.29) is 31.1 Å². The smallest absolute Gasteiger partial charge is 0.306 e. The molecule has 392 valence electrons. The van der Waals surface area contributed by atoms with Crippen molar-refractivity contribution in [2.45, 2.75) is 343 Å². The van der Waals surface area contributed by atoms with Crippen LogP contribution in [-0.4, -0.2) is 37.2 Å². The molecule has 0 saturated heterocycles. The maximum Gasteiger partial charge on any atom is 0.306 e. The molecule has 0 aromatic carbocycles. The first-order valence-electron chi connectivity index (χ1n) is 29.7. The summed E-state index contributed by atoms with van der Waals surface area (Å²) in [6, 6.07) is 0. The number of esters is 3. The molecule has 0 bridgehead atoms. The summed E-state index contributed by atoms with van der Waals surface area (Å²) in [7, 11) is 0. The lowest BCUT2D eigenvalue weighted by atomic mass is 10.0. The van der Waals surface area contributed by atoms with E-state index < -0.39 is 6.10 Å². The summed E-state index contributed by atoms with van der Waals surface area (Å²) < 4.78 is 16.9. The van der Waals surface area contributed by atoms with Gasteiger partial charge in [-0.3, -0.25) is 14.4 Å². The molecule has 0 aromatic rings. The zero-order chi connectivity index (χ0) is 48.2. The Kier molecular flexibility index (Phi) is 51.5. The average Bonchev–Trinajstić information content (AvgIpc) is 3.29. The minimum absolute atomic E-state index is 0.0625. The van der Waals surface area contributed by atoms with Crippen LogP contribution in [0.2, 0.25) is 0 Å². The molecule has 0 radical (unpaired) electrons. The lowest BCUT2D eigenvalue weighted by molar-refractivity contribution is -0.167. The van der Waals surface area contributed by atoms with Gasteiger partial charge in [-0.2, -0.15) is 0 Å². The van der Waals surface area contributed by atoms with E-state index in [1.165, 1.54) is 225 Å². The van der Waals surface area contributed by atoms with Crippen LogP contribution in [0, 0.1) is 11.8 Å². The van der Waals surface area contributed by atoms with E-state index in [1.54, 1.807) is 0 Å². The predicted octanol–water partition coefficient (Wildman–Crippen LogP) is 19.7. The molecule has 0 amide bonds. The van der Waals surface area contributed by atoms with E-state index in [4.69, 9.17) is 14.2 Å². The Morgan fingerprint density at radius 2 is 0.500 bits per heavy atom. The minimum Gasteiger partial charge on any atom is -0.462 e. The second-order valence-corrected chi connectivity index (χ2v) is 21.6. The van der Waals surface area contributed by atoms with Gasteiger partial charge in [-0.1, -0.05) is 298 Å². The van der Waals surface area contributed by atoms with E-state index in [0.29, 0.717) is 19.3 Å². The molecule has 0 unspecified atom stereocenters. The van der Waals surface area contributed by atoms with Crippen LogP contribution in [0.4, 0.5) is 0 Å². The summed E-state index contributed by atoms with van der Waals surface area (Å²) in [6.45, 7) is 11.4. The molecule has 0 aromatic heterocycles. The van der Waals surface area contributed by atoms with Crippen LogP contribution in [0.1, 0.15) is 336 Å². The normalized spacial score (nSPS) is 12.0. The van der Waals surface area contributed by atoms with Gasteiger partial charge >= 0.3 is 17.9 Å². The van der Waals surface area contributed by atoms with Crippen LogP contribution in [0.15, 0.2) is 0 Å². The van der Waals surface area contributed by atoms with Crippen LogP contribution >= 0.6 is 0 Å². The Labute approximate surface area is 412 Å². The SMILES string of the molecule is CCCCCCCCCCCCCCCCCCCC(=O)O[C@H](COC(=O)CCCCCCCCCCCCCCCCC(C)C)COC(=O)CCCCCCCCCCCCCC(C)C. The molecule has 0 spiro atoms. The van der Waals surface area contributed by atoms with Gasteiger partial charge in [0.2, 0.25) is 0 Å². The molecule has 0 aliphatic carbocycles. The molecule has 0 N–H and O–H groups in total. The fourth-order valence-corrected chi connectivity index (χ4v) is 9.23. The number of carbonyl (C=O) groups excluding carboxylic acids is 3. The van der Waals surface area contributed by atoms with Crippen LogP contribution in [0.25, 0.3) is 0 Å². The second kappa shape index (κ2) is 52.8. The number of hydrogen-bond donors (Lipinski definition) is 0. The van der Waals surface area contributed by atoms with Gasteiger partial charge in [0.1, 0.15) is 13.2 Å². The Morgan fingerprint density at radius 1 is 0.288 bits per heavy atom. The number of rotatable bonds is 54. The third-order valence-electron chi connectivity index (χ3n) is 13.7. The first-order chi connectivity index (χ1) is 32.2. The van der Waals surface area contributed by atoms with E-state index in [9.17, 15) is 14.4 Å². The summed E-state index contributed by atoms with van der Waals surface area (Å²) >= 11 is 0. The average molecular weight is 934 g/mol. The van der Waals surface area contributed by atoms with Crippen molar-refractivity contribution in [1.82, 2.24) is 0 Å². The highest BCUT2D eigenvalue weighted by molar-refractivity contribution is 5.71. The highest BCUT2D eigenvalue weighted by Gasteiger charge is 2.19. The minimum atomic E-state index is -0.763. The molecule has 6 heteroatoms. The fourth-order valence-electron chi connectivity index (χ4n) is 9.23. The van der Waals surface area contributed by atoms with Gasteiger partial charge in [-0.25, -0.2) is 0 Å². The van der Waals surface area contributed by atoms with Gasteiger partial charge in [0.15, 0.2) is 6.10 Å². The molecule has 66 heavy (non-hydrogen) atoms. The molecule has 0 aliphatic rings. The zero-order valence-corrected chi connectivity index (χ0v) is 45.3. The van der Waals surface area contributed by atoms with Crippen LogP contribution < -0.4 is 0 Å².